The topological polar surface area (TPSA) is 106 Å². The zero-order valence-electron chi connectivity index (χ0n) is 13.9. The fourth-order valence-corrected chi connectivity index (χ4v) is 2.95. The molecule has 1 aromatic carbocycles. The number of nitro groups is 1. The smallest absolute Gasteiger partial charge is 0.334 e. The molecule has 0 bridgehead atoms. The highest BCUT2D eigenvalue weighted by Crippen LogP contribution is 2.34. The fourth-order valence-electron chi connectivity index (χ4n) is 2.14. The van der Waals surface area contributed by atoms with Gasteiger partial charge in [0.1, 0.15) is 6.33 Å². The third kappa shape index (κ3) is 3.72. The molecular weight excluding hydrogens is 340 g/mol. The molecule has 3 rings (SSSR count). The molecule has 0 fully saturated rings. The lowest BCUT2D eigenvalue weighted by atomic mass is 10.2. The van der Waals surface area contributed by atoms with Crippen molar-refractivity contribution >= 4 is 39.5 Å². The second-order valence-electron chi connectivity index (χ2n) is 5.45. The van der Waals surface area contributed by atoms with Gasteiger partial charge in [-0.1, -0.05) is 17.7 Å². The summed E-state index contributed by atoms with van der Waals surface area (Å²) in [6.07, 6.45) is 1.28. The summed E-state index contributed by atoms with van der Waals surface area (Å²) in [5, 5.41) is 18.0. The number of hydrogen-bond donors (Lipinski definition) is 2. The lowest BCUT2D eigenvalue weighted by molar-refractivity contribution is -0.383. The van der Waals surface area contributed by atoms with Gasteiger partial charge in [0.25, 0.3) is 0 Å². The molecule has 8 nitrogen and oxygen atoms in total. The number of nitrogens with zero attached hydrogens (tertiary/aromatic N) is 4. The molecule has 0 radical (unpaired) electrons. The van der Waals surface area contributed by atoms with E-state index in [9.17, 15) is 10.1 Å². The molecule has 0 atom stereocenters. The third-order valence-corrected chi connectivity index (χ3v) is 4.56. The van der Waals surface area contributed by atoms with Crippen molar-refractivity contribution in [3.8, 4) is 0 Å². The van der Waals surface area contributed by atoms with Crippen molar-refractivity contribution in [3.05, 3.63) is 56.8 Å². The largest absolute Gasteiger partial charge is 0.353 e. The van der Waals surface area contributed by atoms with E-state index in [4.69, 9.17) is 0 Å². The zero-order valence-corrected chi connectivity index (χ0v) is 14.7. The molecule has 0 aliphatic carbocycles. The maximum absolute atomic E-state index is 11.6. The van der Waals surface area contributed by atoms with Gasteiger partial charge in [-0.3, -0.25) is 10.1 Å². The first-order valence-corrected chi connectivity index (χ1v) is 8.30. The van der Waals surface area contributed by atoms with Crippen LogP contribution < -0.4 is 10.6 Å². The minimum Gasteiger partial charge on any atom is -0.334 e. The highest BCUT2D eigenvalue weighted by molar-refractivity contribution is 7.15. The van der Waals surface area contributed by atoms with E-state index in [1.54, 1.807) is 0 Å². The highest BCUT2D eigenvalue weighted by Gasteiger charge is 2.24. The van der Waals surface area contributed by atoms with Crippen LogP contribution in [0.1, 0.15) is 16.1 Å². The Labute approximate surface area is 148 Å². The van der Waals surface area contributed by atoms with Gasteiger partial charge in [-0.05, 0) is 32.9 Å². The van der Waals surface area contributed by atoms with Gasteiger partial charge in [0.15, 0.2) is 5.13 Å². The van der Waals surface area contributed by atoms with E-state index in [0.717, 1.165) is 16.1 Å². The Morgan fingerprint density at radius 2 is 1.68 bits per heavy atom. The molecule has 2 aromatic heterocycles. The first kappa shape index (κ1) is 16.8. The van der Waals surface area contributed by atoms with Crippen LogP contribution in [0, 0.1) is 30.9 Å². The number of benzene rings is 1. The van der Waals surface area contributed by atoms with Crippen LogP contribution in [-0.2, 0) is 0 Å². The number of aryl methyl sites for hydroxylation is 3. The van der Waals surface area contributed by atoms with Gasteiger partial charge >= 0.3 is 5.69 Å². The Balaban J connectivity index is 1.96. The molecule has 25 heavy (non-hydrogen) atoms. The Bertz CT molecular complexity index is 903. The molecule has 0 amide bonds. The number of aromatic nitrogens is 3. The zero-order chi connectivity index (χ0) is 18.0. The van der Waals surface area contributed by atoms with Gasteiger partial charge in [-0.2, -0.15) is 0 Å². The van der Waals surface area contributed by atoms with Crippen molar-refractivity contribution in [1.29, 1.82) is 0 Å². The molecule has 0 saturated carbocycles. The van der Waals surface area contributed by atoms with Gasteiger partial charge < -0.3 is 10.6 Å². The van der Waals surface area contributed by atoms with E-state index in [-0.39, 0.29) is 17.3 Å². The molecule has 128 valence electrons. The Morgan fingerprint density at radius 1 is 1.04 bits per heavy atom. The maximum Gasteiger partial charge on any atom is 0.353 e. The molecule has 0 saturated heterocycles. The van der Waals surface area contributed by atoms with E-state index in [1.165, 1.54) is 17.7 Å². The van der Waals surface area contributed by atoms with Gasteiger partial charge in [0, 0.05) is 10.6 Å². The van der Waals surface area contributed by atoms with E-state index in [1.807, 2.05) is 45.0 Å². The van der Waals surface area contributed by atoms with Crippen LogP contribution in [0.3, 0.4) is 0 Å². The molecule has 3 aromatic rings. The third-order valence-electron chi connectivity index (χ3n) is 3.57. The van der Waals surface area contributed by atoms with E-state index >= 15 is 0 Å². The van der Waals surface area contributed by atoms with E-state index < -0.39 is 4.92 Å². The van der Waals surface area contributed by atoms with Crippen molar-refractivity contribution in [2.75, 3.05) is 10.6 Å². The molecule has 0 spiro atoms. The van der Waals surface area contributed by atoms with Crippen molar-refractivity contribution in [1.82, 2.24) is 15.0 Å². The summed E-state index contributed by atoms with van der Waals surface area (Å²) < 4.78 is 0. The van der Waals surface area contributed by atoms with Crippen molar-refractivity contribution in [3.63, 3.8) is 0 Å². The van der Waals surface area contributed by atoms with E-state index in [2.05, 4.69) is 25.6 Å². The Morgan fingerprint density at radius 3 is 2.24 bits per heavy atom. The van der Waals surface area contributed by atoms with Gasteiger partial charge in [-0.15, -0.1) is 11.3 Å². The minimum atomic E-state index is -0.508. The van der Waals surface area contributed by atoms with Crippen LogP contribution in [-0.4, -0.2) is 19.9 Å². The van der Waals surface area contributed by atoms with Crippen LogP contribution in [0.2, 0.25) is 0 Å². The quantitative estimate of drug-likeness (QED) is 0.520. The molecule has 2 heterocycles. The second kappa shape index (κ2) is 6.81. The SMILES string of the molecule is Cc1ccc(Nc2ncnc(Nc3nc(C)c(C)s3)c2[N+](=O)[O-])cc1. The lowest BCUT2D eigenvalue weighted by Crippen LogP contribution is -2.05. The maximum atomic E-state index is 11.6. The molecule has 0 aliphatic rings. The lowest BCUT2D eigenvalue weighted by Gasteiger charge is -2.09. The highest BCUT2D eigenvalue weighted by atomic mass is 32.1. The molecule has 0 aliphatic heterocycles. The average molecular weight is 356 g/mol. The van der Waals surface area contributed by atoms with Crippen LogP contribution in [0.5, 0.6) is 0 Å². The average Bonchev–Trinajstić information content (AvgIpc) is 2.87. The predicted molar refractivity (Wildman–Crippen MR) is 98.0 cm³/mol. The van der Waals surface area contributed by atoms with Gasteiger partial charge in [0.2, 0.25) is 11.6 Å². The van der Waals surface area contributed by atoms with Crippen LogP contribution in [0.25, 0.3) is 0 Å². The van der Waals surface area contributed by atoms with Crippen LogP contribution in [0.15, 0.2) is 30.6 Å². The minimum absolute atomic E-state index is 0.100. The van der Waals surface area contributed by atoms with Crippen molar-refractivity contribution in [2.45, 2.75) is 20.8 Å². The summed E-state index contributed by atoms with van der Waals surface area (Å²) in [7, 11) is 0. The molecule has 2 N–H and O–H groups in total. The summed E-state index contributed by atoms with van der Waals surface area (Å²) in [5.74, 6) is 0.222. The van der Waals surface area contributed by atoms with Crippen molar-refractivity contribution < 1.29 is 4.92 Å². The summed E-state index contributed by atoms with van der Waals surface area (Å²) in [6, 6.07) is 7.49. The first-order chi connectivity index (χ1) is 11.9. The number of rotatable bonds is 5. The van der Waals surface area contributed by atoms with Crippen LogP contribution >= 0.6 is 11.3 Å². The monoisotopic (exact) mass is 356 g/mol. The predicted octanol–water partition coefficient (Wildman–Crippen LogP) is 4.25. The normalized spacial score (nSPS) is 10.5. The Hall–Kier alpha value is -3.07. The summed E-state index contributed by atoms with van der Waals surface area (Å²) in [5.41, 5.74) is 2.45. The summed E-state index contributed by atoms with van der Waals surface area (Å²) >= 11 is 1.42. The summed E-state index contributed by atoms with van der Waals surface area (Å²) in [4.78, 5) is 24.5. The molecule has 9 heteroatoms. The molecular formula is C16H16N6O2S. The standard InChI is InChI=1S/C16H16N6O2S/c1-9-4-6-12(7-5-9)20-14-13(22(23)24)15(18-8-17-14)21-16-19-10(2)11(3)25-16/h4-8H,1-3H3,(H2,17,18,19,20,21). The second-order valence-corrected chi connectivity index (χ2v) is 6.66. The number of nitrogens with one attached hydrogen (secondary N) is 2. The first-order valence-electron chi connectivity index (χ1n) is 7.48. The number of hydrogen-bond acceptors (Lipinski definition) is 8. The van der Waals surface area contributed by atoms with Crippen LogP contribution in [0.4, 0.5) is 28.1 Å². The Kier molecular flexibility index (Phi) is 4.57. The summed E-state index contributed by atoms with van der Waals surface area (Å²) in [6.45, 7) is 5.80. The van der Waals surface area contributed by atoms with E-state index in [0.29, 0.717) is 10.8 Å². The number of anilines is 4. The fraction of sp³-hybridized carbons (Fsp3) is 0.188. The van der Waals surface area contributed by atoms with Gasteiger partial charge in [-0.25, -0.2) is 15.0 Å². The molecule has 0 unspecified atom stereocenters. The number of thiazole rings is 1. The van der Waals surface area contributed by atoms with Crippen molar-refractivity contribution in [2.24, 2.45) is 0 Å². The van der Waals surface area contributed by atoms with Gasteiger partial charge in [0.05, 0.1) is 10.6 Å².